The van der Waals surface area contributed by atoms with Crippen molar-refractivity contribution < 1.29 is 4.39 Å². The normalized spacial score (nSPS) is 20.3. The maximum atomic E-state index is 14.3. The molecule has 23 heavy (non-hydrogen) atoms. The summed E-state index contributed by atoms with van der Waals surface area (Å²) in [6.07, 6.45) is 1.64. The van der Waals surface area contributed by atoms with Gasteiger partial charge in [-0.15, -0.1) is 0 Å². The zero-order chi connectivity index (χ0) is 17.2. The first-order chi connectivity index (χ1) is 10.5. The lowest BCUT2D eigenvalue weighted by Crippen LogP contribution is -2.42. The van der Waals surface area contributed by atoms with Crippen molar-refractivity contribution in [1.29, 1.82) is 0 Å². The van der Waals surface area contributed by atoms with Gasteiger partial charge in [-0.2, -0.15) is 0 Å². The zero-order valence-corrected chi connectivity index (χ0v) is 16.2. The highest BCUT2D eigenvalue weighted by molar-refractivity contribution is 9.10. The van der Waals surface area contributed by atoms with Crippen molar-refractivity contribution in [2.45, 2.75) is 52.4 Å². The Morgan fingerprint density at radius 2 is 1.52 bits per heavy atom. The minimum Gasteiger partial charge on any atom is -0.252 e. The number of pyridine rings is 1. The maximum Gasteiger partial charge on any atom is 0.150 e. The van der Waals surface area contributed by atoms with Crippen LogP contribution in [0.3, 0.4) is 0 Å². The van der Waals surface area contributed by atoms with E-state index in [1.165, 1.54) is 17.2 Å². The summed E-state index contributed by atoms with van der Waals surface area (Å²) in [7, 11) is 0. The van der Waals surface area contributed by atoms with Crippen LogP contribution >= 0.6 is 15.9 Å². The fourth-order valence-corrected chi connectivity index (χ4v) is 4.14. The minimum atomic E-state index is -0.298. The van der Waals surface area contributed by atoms with Crippen LogP contribution in [-0.2, 0) is 10.8 Å². The van der Waals surface area contributed by atoms with Crippen LogP contribution in [0.1, 0.15) is 52.7 Å². The van der Waals surface area contributed by atoms with Crippen molar-refractivity contribution in [1.82, 2.24) is 4.98 Å². The molecule has 0 aliphatic heterocycles. The topological polar surface area (TPSA) is 12.9 Å². The first-order valence-electron chi connectivity index (χ1n) is 7.96. The summed E-state index contributed by atoms with van der Waals surface area (Å²) in [4.78, 5) is 4.27. The fraction of sp³-hybridized carbons (Fsp3) is 0.450. The molecule has 1 aliphatic rings. The number of rotatable bonds is 1. The number of aromatic nitrogens is 1. The Bertz CT molecular complexity index is 790. The first kappa shape index (κ1) is 16.6. The number of hydrogen-bond acceptors (Lipinski definition) is 1. The van der Waals surface area contributed by atoms with Gasteiger partial charge in [-0.3, -0.25) is 4.98 Å². The van der Waals surface area contributed by atoms with Crippen LogP contribution in [0.5, 0.6) is 0 Å². The van der Waals surface area contributed by atoms with Gasteiger partial charge >= 0.3 is 0 Å². The Kier molecular flexibility index (Phi) is 3.54. The fourth-order valence-electron chi connectivity index (χ4n) is 3.84. The molecule has 0 atom stereocenters. The smallest absolute Gasteiger partial charge is 0.150 e. The van der Waals surface area contributed by atoms with E-state index in [4.69, 9.17) is 0 Å². The van der Waals surface area contributed by atoms with Gasteiger partial charge in [0.05, 0.1) is 0 Å². The zero-order valence-electron chi connectivity index (χ0n) is 14.6. The van der Waals surface area contributed by atoms with Crippen LogP contribution in [0.15, 0.2) is 34.9 Å². The molecule has 1 aromatic heterocycles. The van der Waals surface area contributed by atoms with E-state index in [2.05, 4.69) is 74.6 Å². The van der Waals surface area contributed by atoms with Crippen molar-refractivity contribution in [3.05, 3.63) is 51.9 Å². The predicted octanol–water partition coefficient (Wildman–Crippen LogP) is 6.25. The third-order valence-electron chi connectivity index (χ3n) is 6.57. The Balaban J connectivity index is 2.22. The van der Waals surface area contributed by atoms with Crippen molar-refractivity contribution in [2.75, 3.05) is 0 Å². The van der Waals surface area contributed by atoms with E-state index in [1.54, 1.807) is 6.20 Å². The Labute approximate surface area is 146 Å². The van der Waals surface area contributed by atoms with Crippen molar-refractivity contribution in [3.63, 3.8) is 0 Å². The Morgan fingerprint density at radius 1 is 0.913 bits per heavy atom. The minimum absolute atomic E-state index is 0.00762. The highest BCUT2D eigenvalue weighted by Gasteiger charge is 2.56. The van der Waals surface area contributed by atoms with Crippen LogP contribution < -0.4 is 0 Å². The van der Waals surface area contributed by atoms with E-state index in [0.29, 0.717) is 10.2 Å². The van der Waals surface area contributed by atoms with Gasteiger partial charge < -0.3 is 0 Å². The van der Waals surface area contributed by atoms with Gasteiger partial charge in [0, 0.05) is 16.2 Å². The third-order valence-corrected chi connectivity index (χ3v) is 7.01. The summed E-state index contributed by atoms with van der Waals surface area (Å²) in [6.45, 7) is 13.8. The molecule has 0 amide bonds. The SMILES string of the molecule is CC1(C)c2ccc(-c3ncc(Br)cc3F)cc2C(C)(C)C1(C)C. The molecule has 0 unspecified atom stereocenters. The lowest BCUT2D eigenvalue weighted by atomic mass is 9.59. The first-order valence-corrected chi connectivity index (χ1v) is 8.76. The van der Waals surface area contributed by atoms with E-state index in [0.717, 1.165) is 5.56 Å². The molecule has 0 bridgehead atoms. The van der Waals surface area contributed by atoms with E-state index < -0.39 is 0 Å². The molecule has 0 saturated carbocycles. The summed E-state index contributed by atoms with van der Waals surface area (Å²) >= 11 is 3.26. The average molecular weight is 376 g/mol. The summed E-state index contributed by atoms with van der Waals surface area (Å²) < 4.78 is 14.9. The quantitative estimate of drug-likeness (QED) is 0.574. The highest BCUT2D eigenvalue weighted by Crippen LogP contribution is 2.61. The molecule has 3 heteroatoms. The molecular formula is C20H23BrFN. The number of benzene rings is 1. The molecule has 1 aromatic carbocycles. The molecule has 0 spiro atoms. The monoisotopic (exact) mass is 375 g/mol. The van der Waals surface area contributed by atoms with Gasteiger partial charge in [0.1, 0.15) is 5.69 Å². The summed E-state index contributed by atoms with van der Waals surface area (Å²) in [6, 6.07) is 7.75. The Morgan fingerprint density at radius 3 is 2.13 bits per heavy atom. The molecule has 0 fully saturated rings. The van der Waals surface area contributed by atoms with Gasteiger partial charge in [0.25, 0.3) is 0 Å². The number of hydrogen-bond donors (Lipinski definition) is 0. The molecule has 1 aliphatic carbocycles. The van der Waals surface area contributed by atoms with Crippen molar-refractivity contribution >= 4 is 15.9 Å². The molecule has 122 valence electrons. The Hall–Kier alpha value is -1.22. The third kappa shape index (κ3) is 2.12. The molecule has 0 saturated heterocycles. The van der Waals surface area contributed by atoms with E-state index in [-0.39, 0.29) is 22.1 Å². The van der Waals surface area contributed by atoms with Gasteiger partial charge in [0.15, 0.2) is 5.82 Å². The van der Waals surface area contributed by atoms with Crippen molar-refractivity contribution in [2.24, 2.45) is 5.41 Å². The van der Waals surface area contributed by atoms with Crippen molar-refractivity contribution in [3.8, 4) is 11.3 Å². The predicted molar refractivity (Wildman–Crippen MR) is 97.2 cm³/mol. The molecule has 3 rings (SSSR count). The molecule has 1 nitrogen and oxygen atoms in total. The second-order valence-corrected chi connectivity index (χ2v) is 9.04. The largest absolute Gasteiger partial charge is 0.252 e. The van der Waals surface area contributed by atoms with Crippen LogP contribution in [0.4, 0.5) is 4.39 Å². The molecule has 0 radical (unpaired) electrons. The van der Waals surface area contributed by atoms with E-state index >= 15 is 0 Å². The van der Waals surface area contributed by atoms with Gasteiger partial charge in [0.2, 0.25) is 0 Å². The summed E-state index contributed by atoms with van der Waals surface area (Å²) in [5.74, 6) is -0.298. The number of fused-ring (bicyclic) bond motifs is 1. The summed E-state index contributed by atoms with van der Waals surface area (Å²) in [5, 5.41) is 0. The number of nitrogens with zero attached hydrogens (tertiary/aromatic N) is 1. The van der Waals surface area contributed by atoms with Crippen LogP contribution in [0.25, 0.3) is 11.3 Å². The highest BCUT2D eigenvalue weighted by atomic mass is 79.9. The summed E-state index contributed by atoms with van der Waals surface area (Å²) in [5.41, 5.74) is 4.09. The second-order valence-electron chi connectivity index (χ2n) is 8.12. The molecule has 1 heterocycles. The van der Waals surface area contributed by atoms with Crippen LogP contribution in [-0.4, -0.2) is 4.98 Å². The second kappa shape index (κ2) is 4.89. The van der Waals surface area contributed by atoms with Gasteiger partial charge in [-0.25, -0.2) is 4.39 Å². The molecular weight excluding hydrogens is 353 g/mol. The lowest BCUT2D eigenvalue weighted by Gasteiger charge is -2.44. The van der Waals surface area contributed by atoms with E-state index in [1.807, 2.05) is 6.07 Å². The van der Waals surface area contributed by atoms with E-state index in [9.17, 15) is 4.39 Å². The van der Waals surface area contributed by atoms with Gasteiger partial charge in [-0.1, -0.05) is 53.7 Å². The standard InChI is InChI=1S/C20H23BrFN/c1-18(2)14-8-7-12(17-16(22)10-13(21)11-23-17)9-15(14)19(3,4)20(18,5)6/h7-11H,1-6H3. The molecule has 2 aromatic rings. The molecule has 0 N–H and O–H groups in total. The average Bonchev–Trinajstić information content (AvgIpc) is 2.55. The number of halogens is 2. The lowest BCUT2D eigenvalue weighted by molar-refractivity contribution is 0.125. The van der Waals surface area contributed by atoms with Crippen LogP contribution in [0.2, 0.25) is 0 Å². The maximum absolute atomic E-state index is 14.3. The van der Waals surface area contributed by atoms with Crippen LogP contribution in [0, 0.1) is 11.2 Å². The van der Waals surface area contributed by atoms with Gasteiger partial charge in [-0.05, 0) is 55.4 Å².